The monoisotopic (exact) mass is 287 g/mol. The molecule has 1 aliphatic heterocycles. The van der Waals surface area contributed by atoms with Crippen LogP contribution in [0.5, 0.6) is 0 Å². The summed E-state index contributed by atoms with van der Waals surface area (Å²) < 4.78 is 9.67. The molecule has 0 aliphatic carbocycles. The van der Waals surface area contributed by atoms with Crippen LogP contribution >= 0.6 is 0 Å². The van der Waals surface area contributed by atoms with Gasteiger partial charge in [-0.2, -0.15) is 0 Å². The summed E-state index contributed by atoms with van der Waals surface area (Å²) in [4.78, 5) is 46.4. The molecule has 0 aromatic heterocycles. The predicted molar refractivity (Wildman–Crippen MR) is 64.5 cm³/mol. The van der Waals surface area contributed by atoms with Gasteiger partial charge in [0.2, 0.25) is 5.92 Å². The van der Waals surface area contributed by atoms with Crippen LogP contribution in [-0.2, 0) is 23.9 Å². The average Bonchev–Trinajstić information content (AvgIpc) is 2.21. The summed E-state index contributed by atoms with van der Waals surface area (Å²) in [6.07, 6.45) is -1.42. The lowest BCUT2D eigenvalue weighted by Gasteiger charge is -2.33. The van der Waals surface area contributed by atoms with Gasteiger partial charge in [0.1, 0.15) is 0 Å². The van der Waals surface area contributed by atoms with Crippen molar-refractivity contribution in [2.24, 2.45) is 11.8 Å². The molecule has 1 amide bonds. The molecule has 0 saturated carbocycles. The first-order valence-corrected chi connectivity index (χ1v) is 6.04. The van der Waals surface area contributed by atoms with E-state index in [9.17, 15) is 19.2 Å². The molecule has 0 bridgehead atoms. The van der Waals surface area contributed by atoms with Gasteiger partial charge < -0.3 is 19.9 Å². The summed E-state index contributed by atoms with van der Waals surface area (Å²) in [5.41, 5.74) is 0. The van der Waals surface area contributed by atoms with E-state index < -0.39 is 47.5 Å². The van der Waals surface area contributed by atoms with Crippen molar-refractivity contribution in [3.05, 3.63) is 0 Å². The topological polar surface area (TPSA) is 119 Å². The first kappa shape index (κ1) is 15.9. The molecule has 1 saturated heterocycles. The highest BCUT2D eigenvalue weighted by Crippen LogP contribution is 2.25. The number of hydrogen-bond donors (Lipinski definition) is 2. The number of esters is 2. The Labute approximate surface area is 115 Å². The van der Waals surface area contributed by atoms with Crippen LogP contribution in [0.4, 0.5) is 4.79 Å². The van der Waals surface area contributed by atoms with Gasteiger partial charge in [-0.25, -0.2) is 4.79 Å². The summed E-state index contributed by atoms with van der Waals surface area (Å²) in [5.74, 6) is -6.58. The second kappa shape index (κ2) is 5.48. The number of cyclic esters (lactones) is 2. The predicted octanol–water partition coefficient (Wildman–Crippen LogP) is 0.300. The summed E-state index contributed by atoms with van der Waals surface area (Å²) in [6, 6.07) is -1.20. The first-order chi connectivity index (χ1) is 9.05. The average molecular weight is 287 g/mol. The summed E-state index contributed by atoms with van der Waals surface area (Å²) >= 11 is 0. The van der Waals surface area contributed by atoms with E-state index >= 15 is 0 Å². The highest BCUT2D eigenvalue weighted by molar-refractivity contribution is 6.17. The van der Waals surface area contributed by atoms with Crippen LogP contribution in [0.1, 0.15) is 27.7 Å². The lowest BCUT2D eigenvalue weighted by molar-refractivity contribution is -0.238. The first-order valence-electron chi connectivity index (χ1n) is 6.04. The summed E-state index contributed by atoms with van der Waals surface area (Å²) in [5, 5.41) is 10.7. The standard InChI is InChI=1S/C12H17NO7/c1-5(2)7(13-11(17)18)8(14)6-9(15)19-12(3,4)20-10(6)16/h5-7,13H,1-4H3,(H,17,18)/t7-/m1/s1. The number of ketones is 1. The Balaban J connectivity index is 2.97. The van der Waals surface area contributed by atoms with Crippen LogP contribution in [0.15, 0.2) is 0 Å². The Kier molecular flexibility index (Phi) is 4.36. The lowest BCUT2D eigenvalue weighted by Crippen LogP contribution is -2.55. The van der Waals surface area contributed by atoms with Gasteiger partial charge in [0.15, 0.2) is 5.78 Å². The molecule has 0 aromatic carbocycles. The van der Waals surface area contributed by atoms with Crippen molar-refractivity contribution in [2.75, 3.05) is 0 Å². The van der Waals surface area contributed by atoms with E-state index in [0.29, 0.717) is 0 Å². The number of Topliss-reactive ketones (excluding diaryl/α,β-unsaturated/α-hetero) is 1. The Morgan fingerprint density at radius 3 is 2.00 bits per heavy atom. The third-order valence-corrected chi connectivity index (χ3v) is 2.70. The zero-order valence-corrected chi connectivity index (χ0v) is 11.6. The van der Waals surface area contributed by atoms with E-state index in [-0.39, 0.29) is 0 Å². The number of hydrogen-bond acceptors (Lipinski definition) is 6. The molecule has 2 N–H and O–H groups in total. The zero-order valence-electron chi connectivity index (χ0n) is 11.6. The van der Waals surface area contributed by atoms with E-state index in [0.717, 1.165) is 0 Å². The van der Waals surface area contributed by atoms with E-state index in [1.165, 1.54) is 13.8 Å². The number of carboxylic acid groups (broad SMARTS) is 1. The molecular weight excluding hydrogens is 270 g/mol. The number of ether oxygens (including phenoxy) is 2. The molecular formula is C12H17NO7. The van der Waals surface area contributed by atoms with E-state index in [2.05, 4.69) is 0 Å². The number of carbonyl (C=O) groups excluding carboxylic acids is 3. The minimum absolute atomic E-state index is 0.436. The molecule has 1 atom stereocenters. The van der Waals surface area contributed by atoms with Crippen LogP contribution < -0.4 is 5.32 Å². The quantitative estimate of drug-likeness (QED) is 0.563. The number of nitrogens with one attached hydrogen (secondary N) is 1. The van der Waals surface area contributed by atoms with E-state index in [1.807, 2.05) is 5.32 Å². The maximum absolute atomic E-state index is 12.2. The van der Waals surface area contributed by atoms with Gasteiger partial charge in [-0.15, -0.1) is 0 Å². The smallest absolute Gasteiger partial charge is 0.405 e. The minimum Gasteiger partial charge on any atom is -0.465 e. The molecule has 8 heteroatoms. The van der Waals surface area contributed by atoms with Crippen LogP contribution in [-0.4, -0.2) is 40.8 Å². The van der Waals surface area contributed by atoms with Crippen molar-refractivity contribution in [3.63, 3.8) is 0 Å². The maximum Gasteiger partial charge on any atom is 0.405 e. The second-order valence-corrected chi connectivity index (χ2v) is 5.25. The molecule has 0 unspecified atom stereocenters. The highest BCUT2D eigenvalue weighted by atomic mass is 16.7. The molecule has 0 aromatic rings. The molecule has 8 nitrogen and oxygen atoms in total. The molecule has 1 rings (SSSR count). The van der Waals surface area contributed by atoms with Crippen LogP contribution in [0.25, 0.3) is 0 Å². The number of carbonyl (C=O) groups is 4. The Morgan fingerprint density at radius 2 is 1.65 bits per heavy atom. The van der Waals surface area contributed by atoms with Gasteiger partial charge in [-0.05, 0) is 5.92 Å². The molecule has 1 fully saturated rings. The maximum atomic E-state index is 12.2. The molecule has 1 aliphatic rings. The van der Waals surface area contributed by atoms with Crippen molar-refractivity contribution in [3.8, 4) is 0 Å². The Bertz CT molecular complexity index is 435. The van der Waals surface area contributed by atoms with Crippen LogP contribution in [0.3, 0.4) is 0 Å². The zero-order chi connectivity index (χ0) is 15.7. The van der Waals surface area contributed by atoms with Crippen molar-refractivity contribution in [1.29, 1.82) is 0 Å². The second-order valence-electron chi connectivity index (χ2n) is 5.25. The van der Waals surface area contributed by atoms with Gasteiger partial charge in [0.05, 0.1) is 6.04 Å². The SMILES string of the molecule is CC(C)[C@@H](NC(=O)O)C(=O)C1C(=O)OC(C)(C)OC1=O. The number of amides is 1. The molecule has 1 heterocycles. The normalized spacial score (nSPS) is 20.1. The third kappa shape index (κ3) is 3.46. The Morgan fingerprint density at radius 1 is 1.20 bits per heavy atom. The summed E-state index contributed by atoms with van der Waals surface area (Å²) in [6.45, 7) is 5.89. The van der Waals surface area contributed by atoms with Gasteiger partial charge in [0, 0.05) is 13.8 Å². The minimum atomic E-state index is -1.76. The number of rotatable bonds is 4. The fourth-order valence-electron chi connectivity index (χ4n) is 1.83. The van der Waals surface area contributed by atoms with Crippen molar-refractivity contribution >= 4 is 23.8 Å². The Hall–Kier alpha value is -2.12. The van der Waals surface area contributed by atoms with E-state index in [1.54, 1.807) is 13.8 Å². The largest absolute Gasteiger partial charge is 0.465 e. The van der Waals surface area contributed by atoms with Crippen molar-refractivity contribution < 1.29 is 33.8 Å². The summed E-state index contributed by atoms with van der Waals surface area (Å²) in [7, 11) is 0. The van der Waals surface area contributed by atoms with Crippen molar-refractivity contribution in [1.82, 2.24) is 5.32 Å². The molecule has 0 spiro atoms. The fourth-order valence-corrected chi connectivity index (χ4v) is 1.83. The lowest BCUT2D eigenvalue weighted by atomic mass is 9.90. The fraction of sp³-hybridized carbons (Fsp3) is 0.667. The molecule has 20 heavy (non-hydrogen) atoms. The van der Waals surface area contributed by atoms with Gasteiger partial charge >= 0.3 is 18.0 Å². The van der Waals surface area contributed by atoms with Crippen LogP contribution in [0, 0.1) is 11.8 Å². The van der Waals surface area contributed by atoms with Gasteiger partial charge in [-0.1, -0.05) is 13.8 Å². The van der Waals surface area contributed by atoms with Gasteiger partial charge in [0.25, 0.3) is 5.79 Å². The highest BCUT2D eigenvalue weighted by Gasteiger charge is 2.49. The van der Waals surface area contributed by atoms with Gasteiger partial charge in [-0.3, -0.25) is 14.4 Å². The van der Waals surface area contributed by atoms with E-state index in [4.69, 9.17) is 14.6 Å². The van der Waals surface area contributed by atoms with Crippen molar-refractivity contribution in [2.45, 2.75) is 39.5 Å². The van der Waals surface area contributed by atoms with Crippen LogP contribution in [0.2, 0.25) is 0 Å². The molecule has 0 radical (unpaired) electrons. The molecule has 112 valence electrons. The third-order valence-electron chi connectivity index (χ3n) is 2.70.